The summed E-state index contributed by atoms with van der Waals surface area (Å²) in [5.41, 5.74) is 3.69. The van der Waals surface area contributed by atoms with Crippen molar-refractivity contribution < 1.29 is 19.4 Å². The van der Waals surface area contributed by atoms with Crippen LogP contribution in [-0.2, 0) is 6.61 Å². The fraction of sp³-hybridized carbons (Fsp3) is 0.130. The van der Waals surface area contributed by atoms with Gasteiger partial charge in [-0.05, 0) is 66.1 Å². The minimum Gasteiger partial charge on any atom is -0.493 e. The number of halogens is 1. The summed E-state index contributed by atoms with van der Waals surface area (Å²) >= 11 is 6.13. The lowest BCUT2D eigenvalue weighted by molar-refractivity contribution is 0.0697. The van der Waals surface area contributed by atoms with Gasteiger partial charge in [0.1, 0.15) is 6.61 Å². The smallest absolute Gasteiger partial charge is 0.335 e. The minimum absolute atomic E-state index is 0.241. The highest BCUT2D eigenvalue weighted by molar-refractivity contribution is 6.31. The molecule has 0 atom stereocenters. The van der Waals surface area contributed by atoms with Gasteiger partial charge < -0.3 is 14.6 Å². The molecule has 6 heteroatoms. The first-order valence-electron chi connectivity index (χ1n) is 8.90. The molecule has 1 N–H and O–H groups in total. The van der Waals surface area contributed by atoms with E-state index >= 15 is 0 Å². The van der Waals surface area contributed by atoms with Crippen molar-refractivity contribution in [1.29, 1.82) is 0 Å². The number of benzene rings is 3. The molecule has 0 aliphatic carbocycles. The van der Waals surface area contributed by atoms with Gasteiger partial charge in [0, 0.05) is 11.2 Å². The highest BCUT2D eigenvalue weighted by Crippen LogP contribution is 2.29. The molecule has 0 aliphatic rings. The molecule has 3 aromatic rings. The van der Waals surface area contributed by atoms with Crippen LogP contribution < -0.4 is 9.47 Å². The quantitative estimate of drug-likeness (QED) is 0.509. The Bertz CT molecular complexity index is 1050. The molecule has 0 saturated heterocycles. The van der Waals surface area contributed by atoms with Crippen LogP contribution in [0, 0.1) is 6.92 Å². The number of hydrogen-bond donors (Lipinski definition) is 1. The summed E-state index contributed by atoms with van der Waals surface area (Å²) in [4.78, 5) is 15.4. The zero-order valence-electron chi connectivity index (χ0n) is 16.1. The average molecular weight is 410 g/mol. The van der Waals surface area contributed by atoms with Crippen LogP contribution in [0.5, 0.6) is 11.5 Å². The molecule has 0 spiro atoms. The Morgan fingerprint density at radius 2 is 1.86 bits per heavy atom. The number of carbonyl (C=O) groups is 1. The summed E-state index contributed by atoms with van der Waals surface area (Å²) in [5.74, 6) is 0.217. The maximum Gasteiger partial charge on any atom is 0.335 e. The van der Waals surface area contributed by atoms with Crippen molar-refractivity contribution >= 4 is 29.5 Å². The molecule has 148 valence electrons. The molecule has 0 aromatic heterocycles. The normalized spacial score (nSPS) is 10.9. The molecule has 0 radical (unpaired) electrons. The number of nitrogens with zero attached hydrogens (tertiary/aromatic N) is 1. The van der Waals surface area contributed by atoms with Crippen molar-refractivity contribution in [2.24, 2.45) is 4.99 Å². The first-order chi connectivity index (χ1) is 14.0. The summed E-state index contributed by atoms with van der Waals surface area (Å²) in [6.07, 6.45) is 1.75. The Morgan fingerprint density at radius 3 is 2.55 bits per heavy atom. The lowest BCUT2D eigenvalue weighted by Crippen LogP contribution is -2.00. The van der Waals surface area contributed by atoms with Gasteiger partial charge in [-0.1, -0.05) is 29.8 Å². The largest absolute Gasteiger partial charge is 0.493 e. The molecule has 5 nitrogen and oxygen atoms in total. The molecule has 0 unspecified atom stereocenters. The van der Waals surface area contributed by atoms with E-state index in [1.807, 2.05) is 43.3 Å². The topological polar surface area (TPSA) is 68.1 Å². The van der Waals surface area contributed by atoms with E-state index in [1.54, 1.807) is 37.6 Å². The van der Waals surface area contributed by atoms with E-state index in [0.717, 1.165) is 22.4 Å². The Hall–Kier alpha value is -3.31. The SMILES string of the molecule is COc1cc(C=Nc2cccc(Cl)c2C)ccc1OCc1ccc(C(=O)O)cc1. The van der Waals surface area contributed by atoms with Crippen LogP contribution in [0.25, 0.3) is 0 Å². The zero-order chi connectivity index (χ0) is 20.8. The lowest BCUT2D eigenvalue weighted by atomic mass is 10.1. The van der Waals surface area contributed by atoms with Gasteiger partial charge in [-0.15, -0.1) is 0 Å². The van der Waals surface area contributed by atoms with Crippen LogP contribution >= 0.6 is 11.6 Å². The van der Waals surface area contributed by atoms with Crippen LogP contribution in [0.15, 0.2) is 65.7 Å². The van der Waals surface area contributed by atoms with Crippen LogP contribution in [-0.4, -0.2) is 24.4 Å². The third-order valence-electron chi connectivity index (χ3n) is 4.37. The lowest BCUT2D eigenvalue weighted by Gasteiger charge is -2.11. The fourth-order valence-corrected chi connectivity index (χ4v) is 2.84. The van der Waals surface area contributed by atoms with Crippen LogP contribution in [0.4, 0.5) is 5.69 Å². The van der Waals surface area contributed by atoms with Crippen molar-refractivity contribution in [2.45, 2.75) is 13.5 Å². The molecular weight excluding hydrogens is 390 g/mol. The second kappa shape index (κ2) is 9.26. The average Bonchev–Trinajstić information content (AvgIpc) is 2.73. The maximum atomic E-state index is 10.9. The molecule has 0 bridgehead atoms. The predicted molar refractivity (Wildman–Crippen MR) is 114 cm³/mol. The van der Waals surface area contributed by atoms with E-state index in [9.17, 15) is 4.79 Å². The molecule has 3 rings (SSSR count). The van der Waals surface area contributed by atoms with Gasteiger partial charge in [-0.25, -0.2) is 4.79 Å². The Morgan fingerprint density at radius 1 is 1.10 bits per heavy atom. The monoisotopic (exact) mass is 409 g/mol. The van der Waals surface area contributed by atoms with Gasteiger partial charge in [-0.3, -0.25) is 4.99 Å². The van der Waals surface area contributed by atoms with Crippen molar-refractivity contribution in [2.75, 3.05) is 7.11 Å². The number of aromatic carboxylic acids is 1. The minimum atomic E-state index is -0.954. The van der Waals surface area contributed by atoms with E-state index in [1.165, 1.54) is 0 Å². The Balaban J connectivity index is 1.72. The third kappa shape index (κ3) is 5.15. The van der Waals surface area contributed by atoms with Gasteiger partial charge in [0.25, 0.3) is 0 Å². The molecule has 0 aliphatic heterocycles. The van der Waals surface area contributed by atoms with Crippen LogP contribution in [0.1, 0.15) is 27.0 Å². The number of aliphatic imine (C=N–C) groups is 1. The van der Waals surface area contributed by atoms with Crippen molar-refractivity contribution in [3.05, 3.63) is 87.9 Å². The van der Waals surface area contributed by atoms with E-state index in [0.29, 0.717) is 23.1 Å². The summed E-state index contributed by atoms with van der Waals surface area (Å²) in [6, 6.07) is 17.7. The van der Waals surface area contributed by atoms with E-state index in [4.69, 9.17) is 26.2 Å². The standard InChI is InChI=1S/C23H20ClNO4/c1-15-19(24)4-3-5-20(15)25-13-17-8-11-21(22(12-17)28-2)29-14-16-6-9-18(10-7-16)23(26)27/h3-13H,14H2,1-2H3,(H,26,27). The van der Waals surface area contributed by atoms with Crippen molar-refractivity contribution in [3.8, 4) is 11.5 Å². The second-order valence-electron chi connectivity index (χ2n) is 6.34. The van der Waals surface area contributed by atoms with Gasteiger partial charge in [0.15, 0.2) is 11.5 Å². The number of hydrogen-bond acceptors (Lipinski definition) is 4. The van der Waals surface area contributed by atoms with Gasteiger partial charge in [0.2, 0.25) is 0 Å². The third-order valence-corrected chi connectivity index (χ3v) is 4.78. The number of carboxylic acid groups (broad SMARTS) is 1. The summed E-state index contributed by atoms with van der Waals surface area (Å²) < 4.78 is 11.3. The number of ether oxygens (including phenoxy) is 2. The molecular formula is C23H20ClNO4. The molecule has 0 fully saturated rings. The second-order valence-corrected chi connectivity index (χ2v) is 6.75. The first-order valence-corrected chi connectivity index (χ1v) is 9.28. The van der Waals surface area contributed by atoms with Gasteiger partial charge in [-0.2, -0.15) is 0 Å². The predicted octanol–water partition coefficient (Wildman–Crippen LogP) is 5.68. The molecule has 0 heterocycles. The van der Waals surface area contributed by atoms with Gasteiger partial charge >= 0.3 is 5.97 Å². The summed E-state index contributed by atoms with van der Waals surface area (Å²) in [7, 11) is 1.58. The number of carboxylic acids is 1. The fourth-order valence-electron chi connectivity index (χ4n) is 2.67. The van der Waals surface area contributed by atoms with Crippen LogP contribution in [0.2, 0.25) is 5.02 Å². The van der Waals surface area contributed by atoms with Gasteiger partial charge in [0.05, 0.1) is 18.4 Å². The van der Waals surface area contributed by atoms with Crippen LogP contribution in [0.3, 0.4) is 0 Å². The Labute approximate surface area is 174 Å². The van der Waals surface area contributed by atoms with Crippen molar-refractivity contribution in [1.82, 2.24) is 0 Å². The highest BCUT2D eigenvalue weighted by Gasteiger charge is 2.07. The van der Waals surface area contributed by atoms with E-state index in [-0.39, 0.29) is 5.56 Å². The zero-order valence-corrected chi connectivity index (χ0v) is 16.8. The first kappa shape index (κ1) is 20.4. The molecule has 0 saturated carbocycles. The maximum absolute atomic E-state index is 10.9. The molecule has 0 amide bonds. The number of methoxy groups -OCH3 is 1. The van der Waals surface area contributed by atoms with E-state index < -0.39 is 5.97 Å². The molecule has 3 aromatic carbocycles. The highest BCUT2D eigenvalue weighted by atomic mass is 35.5. The Kier molecular flexibility index (Phi) is 6.52. The summed E-state index contributed by atoms with van der Waals surface area (Å²) in [6.45, 7) is 2.22. The number of rotatable bonds is 7. The molecule has 29 heavy (non-hydrogen) atoms. The van der Waals surface area contributed by atoms with E-state index in [2.05, 4.69) is 4.99 Å². The summed E-state index contributed by atoms with van der Waals surface area (Å²) in [5, 5.41) is 9.64. The van der Waals surface area contributed by atoms with Crippen molar-refractivity contribution in [3.63, 3.8) is 0 Å².